The molecule has 0 aliphatic carbocycles. The minimum absolute atomic E-state index is 0.146. The molecule has 0 spiro atoms. The van der Waals surface area contributed by atoms with Gasteiger partial charge in [-0.25, -0.2) is 19.2 Å². The zero-order chi connectivity index (χ0) is 23.5. The average Bonchev–Trinajstić information content (AvgIpc) is 3.09. The Morgan fingerprint density at radius 1 is 1.33 bits per heavy atom. The van der Waals surface area contributed by atoms with Crippen molar-refractivity contribution in [2.45, 2.75) is 25.6 Å². The molecule has 1 aromatic carbocycles. The monoisotopic (exact) mass is 474 g/mol. The smallest absolute Gasteiger partial charge is 0.407 e. The van der Waals surface area contributed by atoms with Gasteiger partial charge >= 0.3 is 6.09 Å². The van der Waals surface area contributed by atoms with E-state index in [1.165, 1.54) is 6.33 Å². The van der Waals surface area contributed by atoms with Crippen LogP contribution in [0, 0.1) is 6.92 Å². The zero-order valence-electron chi connectivity index (χ0n) is 17.4. The van der Waals surface area contributed by atoms with Crippen LogP contribution in [-0.2, 0) is 4.79 Å². The van der Waals surface area contributed by atoms with E-state index < -0.39 is 29.5 Å². The van der Waals surface area contributed by atoms with Gasteiger partial charge in [0.25, 0.3) is 11.1 Å². The predicted molar refractivity (Wildman–Crippen MR) is 116 cm³/mol. The second-order valence-electron chi connectivity index (χ2n) is 7.33. The number of amides is 3. The molecule has 2 saturated heterocycles. The normalized spacial score (nSPS) is 21.8. The highest BCUT2D eigenvalue weighted by molar-refractivity contribution is 8.18. The molecule has 1 aromatic heterocycles. The molecular weight excluding hydrogens is 455 g/mol. The number of nitrogens with one attached hydrogen (secondary N) is 1. The van der Waals surface area contributed by atoms with E-state index >= 15 is 0 Å². The van der Waals surface area contributed by atoms with Crippen LogP contribution >= 0.6 is 11.8 Å². The van der Waals surface area contributed by atoms with E-state index in [2.05, 4.69) is 15.3 Å². The van der Waals surface area contributed by atoms with E-state index in [9.17, 15) is 18.8 Å². The highest BCUT2D eigenvalue weighted by atomic mass is 32.2. The fourth-order valence-electron chi connectivity index (χ4n) is 3.33. The lowest BCUT2D eigenvalue weighted by Gasteiger charge is -2.33. The minimum atomic E-state index is -1.49. The van der Waals surface area contributed by atoms with Crippen LogP contribution in [0.25, 0.3) is 6.08 Å². The standard InChI is InChI=1S/C21H19FN4O6S/c1-11-18(23-10-24-19(11)32-15-5-6-26(21(29)30)9-14(15)22)31-13-4-2-3-12(7-13)8-16-17(27)25-20(28)33-16/h2-4,7-8,10,14-15H,5-6,9H2,1H3,(H,29,30)(H,25,27,28). The fourth-order valence-corrected chi connectivity index (χ4v) is 4.01. The first kappa shape index (κ1) is 22.5. The number of aromatic nitrogens is 2. The minimum Gasteiger partial charge on any atom is -0.471 e. The summed E-state index contributed by atoms with van der Waals surface area (Å²) in [5.41, 5.74) is 1.10. The van der Waals surface area contributed by atoms with Gasteiger partial charge in [0.05, 0.1) is 17.0 Å². The van der Waals surface area contributed by atoms with Gasteiger partial charge in [-0.2, -0.15) is 0 Å². The number of hydrogen-bond donors (Lipinski definition) is 2. The summed E-state index contributed by atoms with van der Waals surface area (Å²) in [6.45, 7) is 1.57. The van der Waals surface area contributed by atoms with E-state index in [1.807, 2.05) is 0 Å². The Morgan fingerprint density at radius 3 is 2.82 bits per heavy atom. The molecule has 2 aliphatic rings. The maximum Gasteiger partial charge on any atom is 0.407 e. The van der Waals surface area contributed by atoms with Gasteiger partial charge in [0.1, 0.15) is 18.2 Å². The van der Waals surface area contributed by atoms with Crippen molar-refractivity contribution in [3.63, 3.8) is 0 Å². The van der Waals surface area contributed by atoms with Gasteiger partial charge in [-0.15, -0.1) is 0 Å². The second kappa shape index (κ2) is 9.45. The van der Waals surface area contributed by atoms with Crippen LogP contribution in [0.5, 0.6) is 17.5 Å². The Kier molecular flexibility index (Phi) is 6.45. The van der Waals surface area contributed by atoms with Gasteiger partial charge < -0.3 is 19.5 Å². The molecule has 2 aliphatic heterocycles. The molecule has 4 rings (SSSR count). The van der Waals surface area contributed by atoms with Crippen molar-refractivity contribution in [1.82, 2.24) is 20.2 Å². The number of ether oxygens (including phenoxy) is 2. The maximum atomic E-state index is 14.4. The van der Waals surface area contributed by atoms with Crippen LogP contribution in [0.2, 0.25) is 0 Å². The van der Waals surface area contributed by atoms with Crippen LogP contribution in [0.15, 0.2) is 35.5 Å². The summed E-state index contributed by atoms with van der Waals surface area (Å²) in [6.07, 6.45) is -0.497. The first-order valence-electron chi connectivity index (χ1n) is 9.93. The average molecular weight is 474 g/mol. The number of carboxylic acid groups (broad SMARTS) is 1. The van der Waals surface area contributed by atoms with Crippen molar-refractivity contribution in [2.75, 3.05) is 13.1 Å². The number of rotatable bonds is 5. The molecule has 2 N–H and O–H groups in total. The van der Waals surface area contributed by atoms with E-state index in [1.54, 1.807) is 37.3 Å². The van der Waals surface area contributed by atoms with Crippen molar-refractivity contribution in [3.05, 3.63) is 46.6 Å². The van der Waals surface area contributed by atoms with Crippen LogP contribution in [-0.4, -0.2) is 62.6 Å². The van der Waals surface area contributed by atoms with Crippen LogP contribution in [0.1, 0.15) is 17.5 Å². The van der Waals surface area contributed by atoms with Crippen LogP contribution in [0.3, 0.4) is 0 Å². The van der Waals surface area contributed by atoms with Crippen molar-refractivity contribution in [1.29, 1.82) is 0 Å². The fraction of sp³-hybridized carbons (Fsp3) is 0.286. The molecule has 10 nitrogen and oxygen atoms in total. The number of imide groups is 1. The Balaban J connectivity index is 1.47. The molecule has 33 heavy (non-hydrogen) atoms. The van der Waals surface area contributed by atoms with Gasteiger partial charge in [0, 0.05) is 13.0 Å². The summed E-state index contributed by atoms with van der Waals surface area (Å²) in [7, 11) is 0. The first-order valence-corrected chi connectivity index (χ1v) is 10.7. The summed E-state index contributed by atoms with van der Waals surface area (Å²) < 4.78 is 26.0. The number of nitrogens with zero attached hydrogens (tertiary/aromatic N) is 3. The summed E-state index contributed by atoms with van der Waals surface area (Å²) in [5, 5.41) is 10.8. The molecule has 3 heterocycles. The van der Waals surface area contributed by atoms with E-state index in [4.69, 9.17) is 14.6 Å². The number of hydrogen-bond acceptors (Lipinski definition) is 8. The number of benzene rings is 1. The third kappa shape index (κ3) is 5.22. The lowest BCUT2D eigenvalue weighted by molar-refractivity contribution is -0.115. The van der Waals surface area contributed by atoms with Crippen molar-refractivity contribution in [3.8, 4) is 17.5 Å². The summed E-state index contributed by atoms with van der Waals surface area (Å²) in [6, 6.07) is 6.84. The molecule has 0 bridgehead atoms. The molecule has 2 fully saturated rings. The van der Waals surface area contributed by atoms with Gasteiger partial charge in [-0.1, -0.05) is 12.1 Å². The topological polar surface area (TPSA) is 131 Å². The molecule has 172 valence electrons. The lowest BCUT2D eigenvalue weighted by Crippen LogP contribution is -2.48. The van der Waals surface area contributed by atoms with Crippen molar-refractivity contribution < 1.29 is 33.4 Å². The van der Waals surface area contributed by atoms with Gasteiger partial charge in [-0.3, -0.25) is 14.9 Å². The molecule has 2 unspecified atom stereocenters. The Morgan fingerprint density at radius 2 is 2.12 bits per heavy atom. The zero-order valence-corrected chi connectivity index (χ0v) is 18.2. The highest BCUT2D eigenvalue weighted by Crippen LogP contribution is 2.31. The predicted octanol–water partition coefficient (Wildman–Crippen LogP) is 3.37. The lowest BCUT2D eigenvalue weighted by atomic mass is 10.1. The number of thioether (sulfide) groups is 1. The maximum absolute atomic E-state index is 14.4. The summed E-state index contributed by atoms with van der Waals surface area (Å²) in [4.78, 5) is 43.6. The largest absolute Gasteiger partial charge is 0.471 e. The summed E-state index contributed by atoms with van der Waals surface area (Å²) in [5.74, 6) is 0.314. The number of halogens is 1. The number of piperidine rings is 1. The highest BCUT2D eigenvalue weighted by Gasteiger charge is 2.33. The van der Waals surface area contributed by atoms with Gasteiger partial charge in [0.15, 0.2) is 6.17 Å². The van der Waals surface area contributed by atoms with Crippen LogP contribution < -0.4 is 14.8 Å². The molecule has 2 atom stereocenters. The van der Waals surface area contributed by atoms with E-state index in [0.717, 1.165) is 16.7 Å². The number of carbonyl (C=O) groups is 3. The first-order chi connectivity index (χ1) is 15.8. The third-order valence-electron chi connectivity index (χ3n) is 5.02. The molecule has 2 aromatic rings. The second-order valence-corrected chi connectivity index (χ2v) is 8.34. The quantitative estimate of drug-likeness (QED) is 0.626. The molecular formula is C21H19FN4O6S. The Hall–Kier alpha value is -3.67. The number of alkyl halides is 1. The Bertz CT molecular complexity index is 1140. The number of carbonyl (C=O) groups excluding carboxylic acids is 2. The molecule has 12 heteroatoms. The van der Waals surface area contributed by atoms with E-state index in [-0.39, 0.29) is 36.2 Å². The van der Waals surface area contributed by atoms with Gasteiger partial charge in [-0.05, 0) is 42.5 Å². The third-order valence-corrected chi connectivity index (χ3v) is 5.83. The molecule has 0 radical (unpaired) electrons. The molecule has 3 amide bonds. The van der Waals surface area contributed by atoms with Crippen molar-refractivity contribution in [2.24, 2.45) is 0 Å². The van der Waals surface area contributed by atoms with E-state index in [0.29, 0.717) is 16.9 Å². The van der Waals surface area contributed by atoms with Crippen molar-refractivity contribution >= 4 is 35.1 Å². The number of likely N-dealkylation sites (tertiary alicyclic amines) is 1. The van der Waals surface area contributed by atoms with Gasteiger partial charge in [0.2, 0.25) is 11.8 Å². The summed E-state index contributed by atoms with van der Waals surface area (Å²) >= 11 is 0.818. The SMILES string of the molecule is Cc1c(Oc2cccc(C=C3SC(=O)NC3=O)c2)ncnc1OC1CCN(C(=O)O)CC1F. The Labute approximate surface area is 191 Å². The van der Waals surface area contributed by atoms with Crippen LogP contribution in [0.4, 0.5) is 14.0 Å². The molecule has 0 saturated carbocycles.